The molecule has 0 aliphatic heterocycles. The summed E-state index contributed by atoms with van der Waals surface area (Å²) < 4.78 is 14.3. The minimum atomic E-state index is -2.12. The average Bonchev–Trinajstić information content (AvgIpc) is 2.13. The molecule has 0 saturated carbocycles. The van der Waals surface area contributed by atoms with E-state index < -0.39 is 26.3 Å². The molecule has 1 N–H and O–H groups in total. The van der Waals surface area contributed by atoms with E-state index in [0.29, 0.717) is 6.42 Å². The molecule has 3 nitrogen and oxygen atoms in total. The summed E-state index contributed by atoms with van der Waals surface area (Å²) in [7, 11) is -2.12. The molecule has 0 rings (SSSR count). The van der Waals surface area contributed by atoms with Gasteiger partial charge in [-0.2, -0.15) is 0 Å². The predicted molar refractivity (Wildman–Crippen MR) is 69.2 cm³/mol. The third kappa shape index (κ3) is 3.90. The molecule has 0 spiro atoms. The summed E-state index contributed by atoms with van der Waals surface area (Å²) in [6.07, 6.45) is -0.943. The van der Waals surface area contributed by atoms with Crippen molar-refractivity contribution in [3.05, 3.63) is 0 Å². The largest absolute Gasteiger partial charge is 0.481 e. The van der Waals surface area contributed by atoms with Gasteiger partial charge in [0.1, 0.15) is 0 Å². The smallest absolute Gasteiger partial charge is 0.308 e. The Balaban J connectivity index is 5.12. The maximum Gasteiger partial charge on any atom is 0.308 e. The fourth-order valence-electron chi connectivity index (χ4n) is 1.09. The monoisotopic (exact) mass is 249 g/mol. The molecule has 0 fully saturated rings. The summed E-state index contributed by atoms with van der Waals surface area (Å²) in [5.74, 6) is -1.79. The topological polar surface area (TPSA) is 46.5 Å². The molecule has 16 heavy (non-hydrogen) atoms. The molecule has 0 aromatic carbocycles. The number of carboxylic acid groups (broad SMARTS) is 1. The minimum Gasteiger partial charge on any atom is -0.481 e. The van der Waals surface area contributed by atoms with E-state index in [1.54, 1.807) is 13.8 Å². The molecule has 0 amide bonds. The molecular formula is C12H26O3Si. The molecule has 0 aromatic rings. The molecule has 0 unspecified atom stereocenters. The number of rotatable bonds is 5. The first-order valence-electron chi connectivity index (χ1n) is 6.30. The Morgan fingerprint density at radius 1 is 1.50 bits per heavy atom. The van der Waals surface area contributed by atoms with Gasteiger partial charge >= 0.3 is 5.97 Å². The van der Waals surface area contributed by atoms with Crippen molar-refractivity contribution in [3.63, 3.8) is 0 Å². The fourth-order valence-corrected chi connectivity index (χ4v) is 2.37. The lowest BCUT2D eigenvalue weighted by Crippen LogP contribution is -2.46. The van der Waals surface area contributed by atoms with E-state index in [0.717, 1.165) is 0 Å². The second-order valence-corrected chi connectivity index (χ2v) is 10.5. The van der Waals surface area contributed by atoms with Crippen LogP contribution in [-0.2, 0) is 9.22 Å². The van der Waals surface area contributed by atoms with E-state index in [1.807, 2.05) is 13.1 Å². The number of aliphatic carboxylic acids is 1. The van der Waals surface area contributed by atoms with Crippen molar-refractivity contribution in [1.82, 2.24) is 0 Å². The average molecular weight is 249 g/mol. The van der Waals surface area contributed by atoms with Gasteiger partial charge in [0.2, 0.25) is 0 Å². The zero-order chi connectivity index (χ0) is 14.1. The van der Waals surface area contributed by atoms with E-state index in [9.17, 15) is 4.79 Å². The van der Waals surface area contributed by atoms with E-state index in [2.05, 4.69) is 20.8 Å². The van der Waals surface area contributed by atoms with E-state index in [-0.39, 0.29) is 5.04 Å². The quantitative estimate of drug-likeness (QED) is 0.599. The van der Waals surface area contributed by atoms with Gasteiger partial charge in [0.05, 0.1) is 13.4 Å². The van der Waals surface area contributed by atoms with Crippen LogP contribution in [0.3, 0.4) is 0 Å². The Morgan fingerprint density at radius 2 is 1.94 bits per heavy atom. The zero-order valence-electron chi connectivity index (χ0n) is 12.5. The normalized spacial score (nSPS) is 19.8. The van der Waals surface area contributed by atoms with Gasteiger partial charge in [-0.05, 0) is 31.5 Å². The highest BCUT2D eigenvalue weighted by Crippen LogP contribution is 2.38. The molecule has 0 bridgehead atoms. The van der Waals surface area contributed by atoms with Crippen molar-refractivity contribution in [2.75, 3.05) is 0 Å². The first-order chi connectivity index (χ1) is 7.37. The lowest BCUT2D eigenvalue weighted by Gasteiger charge is -2.40. The van der Waals surface area contributed by atoms with Crippen LogP contribution in [0.25, 0.3) is 0 Å². The molecule has 0 saturated heterocycles. The van der Waals surface area contributed by atoms with Crippen molar-refractivity contribution >= 4 is 14.3 Å². The lowest BCUT2D eigenvalue weighted by molar-refractivity contribution is -0.144. The molecule has 0 heterocycles. The maximum atomic E-state index is 11.1. The summed E-state index contributed by atoms with van der Waals surface area (Å²) >= 11 is 0. The molecule has 0 aliphatic carbocycles. The van der Waals surface area contributed by atoms with Gasteiger partial charge in [0.25, 0.3) is 0 Å². The van der Waals surface area contributed by atoms with Crippen LogP contribution < -0.4 is 0 Å². The van der Waals surface area contributed by atoms with Crippen molar-refractivity contribution in [2.45, 2.75) is 65.3 Å². The Hall–Kier alpha value is -0.353. The molecule has 0 aliphatic rings. The summed E-state index contributed by atoms with van der Waals surface area (Å²) in [5, 5.41) is 9.04. The predicted octanol–water partition coefficient (Wildman–Crippen LogP) is 3.51. The van der Waals surface area contributed by atoms with E-state index in [1.165, 1.54) is 0 Å². The Morgan fingerprint density at radius 3 is 2.19 bits per heavy atom. The van der Waals surface area contributed by atoms with E-state index in [4.69, 9.17) is 10.9 Å². The van der Waals surface area contributed by atoms with Crippen LogP contribution in [0.1, 0.15) is 42.4 Å². The van der Waals surface area contributed by atoms with Crippen molar-refractivity contribution in [2.24, 2.45) is 5.92 Å². The maximum absolute atomic E-state index is 11.1. The Kier molecular flexibility index (Phi) is 4.56. The minimum absolute atomic E-state index is 0.0211. The number of carboxylic acids is 1. The number of carbonyl (C=O) groups is 1. The van der Waals surface area contributed by atoms with Crippen LogP contribution in [0, 0.1) is 5.92 Å². The van der Waals surface area contributed by atoms with E-state index >= 15 is 0 Å². The molecule has 0 aromatic heterocycles. The van der Waals surface area contributed by atoms with Crippen LogP contribution in [0.2, 0.25) is 18.1 Å². The second kappa shape index (κ2) is 5.32. The third-order valence-electron chi connectivity index (χ3n) is 3.39. The highest BCUT2D eigenvalue weighted by atomic mass is 28.4. The molecule has 4 heteroatoms. The van der Waals surface area contributed by atoms with Gasteiger partial charge in [0, 0.05) is 0 Å². The number of hydrogen-bond acceptors (Lipinski definition) is 2. The number of hydrogen-bond donors (Lipinski definition) is 1. The lowest BCUT2D eigenvalue weighted by atomic mass is 10.2. The standard InChI is InChI=1S/C12H26O3Si/c1-8-10(9(2)11(13)14)15-16(6,7)12(3,4)5/h9-10H,8H2,1-7H3,(H,13,14)/t9-,10-/m1/s1/i9+1,10+1D. The summed E-state index contributed by atoms with van der Waals surface area (Å²) in [6, 6.07) is 0. The van der Waals surface area contributed by atoms with Crippen LogP contribution in [0.15, 0.2) is 0 Å². The SMILES string of the molecule is [2H][13C@](CC)(O[Si](C)(C)C(C)(C)C)[13C@@H](C)C(=O)O. The summed E-state index contributed by atoms with van der Waals surface area (Å²) in [4.78, 5) is 11.1. The van der Waals surface area contributed by atoms with Gasteiger partial charge < -0.3 is 9.53 Å². The van der Waals surface area contributed by atoms with Crippen molar-refractivity contribution in [1.29, 1.82) is 0 Å². The Bertz CT molecular complexity index is 286. The van der Waals surface area contributed by atoms with Gasteiger partial charge in [-0.25, -0.2) is 0 Å². The van der Waals surface area contributed by atoms with Gasteiger partial charge in [-0.3, -0.25) is 4.79 Å². The molecule has 96 valence electrons. The summed E-state index contributed by atoms with van der Waals surface area (Å²) in [5.41, 5.74) is 0. The van der Waals surface area contributed by atoms with Crippen LogP contribution >= 0.6 is 0 Å². The van der Waals surface area contributed by atoms with Crippen molar-refractivity contribution < 1.29 is 15.7 Å². The first kappa shape index (κ1) is 13.7. The van der Waals surface area contributed by atoms with Crippen LogP contribution in [0.4, 0.5) is 0 Å². The second-order valence-electron chi connectivity index (χ2n) is 5.74. The molecular weight excluding hydrogens is 222 g/mol. The zero-order valence-corrected chi connectivity index (χ0v) is 12.5. The van der Waals surface area contributed by atoms with Crippen LogP contribution in [-0.4, -0.2) is 25.5 Å². The van der Waals surface area contributed by atoms with Gasteiger partial charge in [0.15, 0.2) is 8.32 Å². The summed E-state index contributed by atoms with van der Waals surface area (Å²) in [6.45, 7) is 13.7. The van der Waals surface area contributed by atoms with Crippen molar-refractivity contribution in [3.8, 4) is 0 Å². The first-order valence-corrected chi connectivity index (χ1v) is 8.71. The Labute approximate surface area is 102 Å². The van der Waals surface area contributed by atoms with Gasteiger partial charge in [-0.15, -0.1) is 0 Å². The fraction of sp³-hybridized carbons (Fsp3) is 0.917. The third-order valence-corrected chi connectivity index (χ3v) is 7.78. The van der Waals surface area contributed by atoms with Gasteiger partial charge in [-0.1, -0.05) is 27.7 Å². The van der Waals surface area contributed by atoms with Crippen LogP contribution in [0.5, 0.6) is 0 Å². The molecule has 0 radical (unpaired) electrons. The molecule has 2 atom stereocenters. The highest BCUT2D eigenvalue weighted by molar-refractivity contribution is 6.74. The highest BCUT2D eigenvalue weighted by Gasteiger charge is 2.40.